The number of rotatable bonds is 23. The monoisotopic (exact) mass is 847 g/mol. The van der Waals surface area contributed by atoms with Crippen molar-refractivity contribution >= 4 is 64.0 Å². The van der Waals surface area contributed by atoms with Crippen LogP contribution in [0.1, 0.15) is 37.1 Å². The van der Waals surface area contributed by atoms with E-state index < -0.39 is 90.3 Å². The van der Waals surface area contributed by atoms with Crippen LogP contribution in [0, 0.1) is 0 Å². The van der Waals surface area contributed by atoms with Crippen LogP contribution >= 0.6 is 11.8 Å². The lowest BCUT2D eigenvalue weighted by molar-refractivity contribution is -0.135. The zero-order valence-electron chi connectivity index (χ0n) is 33.5. The molecule has 2 aromatic heterocycles. The van der Waals surface area contributed by atoms with E-state index in [9.17, 15) is 38.7 Å². The molecular weight excluding hydrogens is 795 g/mol. The van der Waals surface area contributed by atoms with Gasteiger partial charge in [0.15, 0.2) is 0 Å². The number of nitrogens with two attached hydrogens (primary N) is 2. The van der Waals surface area contributed by atoms with Crippen molar-refractivity contribution in [3.63, 3.8) is 0 Å². The number of aromatic amines is 2. The molecule has 0 bridgehead atoms. The van der Waals surface area contributed by atoms with Crippen LogP contribution in [0.3, 0.4) is 0 Å². The smallest absolute Gasteiger partial charge is 0.245 e. The Morgan fingerprint density at radius 2 is 1.43 bits per heavy atom. The molecule has 0 spiro atoms. The molecule has 4 aromatic rings. The number of H-pyrrole nitrogens is 2. The second-order valence-corrected chi connectivity index (χ2v) is 15.2. The van der Waals surface area contributed by atoms with E-state index in [1.165, 1.54) is 38.1 Å². The lowest BCUT2D eigenvalue weighted by Gasteiger charge is -2.25. The minimum atomic E-state index is -1.54. The molecule has 2 heterocycles. The average molecular weight is 848 g/mol. The van der Waals surface area contributed by atoms with Crippen molar-refractivity contribution in [2.24, 2.45) is 11.5 Å². The Balaban J connectivity index is 1.37. The highest BCUT2D eigenvalue weighted by Gasteiger charge is 2.32. The van der Waals surface area contributed by atoms with Crippen LogP contribution in [-0.4, -0.2) is 122 Å². The lowest BCUT2D eigenvalue weighted by atomic mass is 10.0. The third-order valence-electron chi connectivity index (χ3n) is 9.51. The van der Waals surface area contributed by atoms with Gasteiger partial charge in [-0.2, -0.15) is 11.8 Å². The van der Waals surface area contributed by atoms with Crippen LogP contribution < -0.4 is 43.4 Å². The van der Waals surface area contributed by atoms with Crippen molar-refractivity contribution in [2.75, 3.05) is 18.6 Å². The van der Waals surface area contributed by atoms with Gasteiger partial charge in [-0.15, -0.1) is 0 Å². The highest BCUT2D eigenvalue weighted by Crippen LogP contribution is 2.19. The number of carbonyl (C=O) groups excluding carboxylic acids is 7. The van der Waals surface area contributed by atoms with Gasteiger partial charge in [-0.3, -0.25) is 33.6 Å². The number of hydrogen-bond donors (Lipinski definition) is 11. The zero-order chi connectivity index (χ0) is 43.8. The molecule has 0 aliphatic carbocycles. The molecular formula is C40H53N11O8S. The van der Waals surface area contributed by atoms with E-state index in [-0.39, 0.29) is 25.7 Å². The number of aliphatic hydroxyl groups excluding tert-OH is 1. The summed E-state index contributed by atoms with van der Waals surface area (Å²) in [6, 6.07) is 9.23. The number of imidazole rings is 1. The van der Waals surface area contributed by atoms with Gasteiger partial charge in [0.05, 0.1) is 25.0 Å². The van der Waals surface area contributed by atoms with Crippen molar-refractivity contribution in [1.82, 2.24) is 46.9 Å². The zero-order valence-corrected chi connectivity index (χ0v) is 34.3. The van der Waals surface area contributed by atoms with E-state index >= 15 is 0 Å². The number of thioether (sulfide) groups is 1. The lowest BCUT2D eigenvalue weighted by Crippen LogP contribution is -2.59. The van der Waals surface area contributed by atoms with E-state index in [1.807, 2.05) is 30.5 Å². The maximum absolute atomic E-state index is 13.8. The van der Waals surface area contributed by atoms with Gasteiger partial charge in [-0.05, 0) is 55.9 Å². The molecule has 7 atom stereocenters. The van der Waals surface area contributed by atoms with Crippen molar-refractivity contribution in [2.45, 2.75) is 81.9 Å². The minimum Gasteiger partial charge on any atom is -0.391 e. The van der Waals surface area contributed by atoms with Crippen molar-refractivity contribution in [3.8, 4) is 0 Å². The Hall–Kier alpha value is -6.25. The van der Waals surface area contributed by atoms with Crippen LogP contribution in [0.4, 0.5) is 0 Å². The average Bonchev–Trinajstić information content (AvgIpc) is 3.90. The molecule has 0 fully saturated rings. The highest BCUT2D eigenvalue weighted by molar-refractivity contribution is 7.98. The van der Waals surface area contributed by atoms with E-state index in [2.05, 4.69) is 46.9 Å². The highest BCUT2D eigenvalue weighted by atomic mass is 32.2. The number of nitrogens with zero attached hydrogens (tertiary/aromatic N) is 1. The van der Waals surface area contributed by atoms with E-state index in [1.54, 1.807) is 36.5 Å². The number of hydrogen-bond acceptors (Lipinski definition) is 11. The first-order valence-electron chi connectivity index (χ1n) is 19.2. The Kier molecular flexibility index (Phi) is 17.6. The summed E-state index contributed by atoms with van der Waals surface area (Å²) in [5, 5.41) is 26.4. The van der Waals surface area contributed by atoms with Gasteiger partial charge in [-0.25, -0.2) is 4.98 Å². The molecule has 0 saturated heterocycles. The van der Waals surface area contributed by atoms with Gasteiger partial charge in [0, 0.05) is 41.8 Å². The molecule has 7 amide bonds. The molecule has 0 aliphatic rings. The predicted molar refractivity (Wildman–Crippen MR) is 225 cm³/mol. The standard InChI is InChI=1S/C40H53N11O8S/c1-22(47-37(56)28(41)16-25-18-44-29-12-8-7-11-27(25)29)36(55)51-34(23(2)52)40(59)45-20-33(53)48-32(17-26-19-43-21-46-26)39(58)50-31(15-24-9-5-4-6-10-24)38(57)49-30(35(42)54)13-14-60-3/h4-12,18-19,21-23,28,30-32,34,44,52H,13-17,20,41H2,1-3H3,(H2,42,54)(H,43,46)(H,45,59)(H,47,56)(H,48,53)(H,49,57)(H,50,58)(H,51,55)/t22-,23-,28-,30-,31+,32-,34-/m1/s1. The molecule has 20 heteroatoms. The van der Waals surface area contributed by atoms with Crippen LogP contribution in [0.2, 0.25) is 0 Å². The summed E-state index contributed by atoms with van der Waals surface area (Å²) in [5.74, 6) is -4.77. The topological polar surface area (TPSA) is 308 Å². The summed E-state index contributed by atoms with van der Waals surface area (Å²) in [7, 11) is 0. The first kappa shape index (κ1) is 46.4. The summed E-state index contributed by atoms with van der Waals surface area (Å²) in [6.45, 7) is 1.96. The Morgan fingerprint density at radius 3 is 2.08 bits per heavy atom. The number of aliphatic hydroxyl groups is 1. The normalized spacial score (nSPS) is 14.6. The van der Waals surface area contributed by atoms with Gasteiger partial charge in [0.1, 0.15) is 30.2 Å². The molecule has 4 rings (SSSR count). The number of fused-ring (bicyclic) bond motifs is 1. The van der Waals surface area contributed by atoms with Crippen LogP contribution in [0.25, 0.3) is 10.9 Å². The fraction of sp³-hybridized carbons (Fsp3) is 0.400. The van der Waals surface area contributed by atoms with E-state index in [0.717, 1.165) is 16.5 Å². The minimum absolute atomic E-state index is 0.0414. The predicted octanol–water partition coefficient (Wildman–Crippen LogP) is -1.57. The van der Waals surface area contributed by atoms with Gasteiger partial charge in [0.25, 0.3) is 0 Å². The number of aromatic nitrogens is 3. The number of nitrogens with one attached hydrogen (secondary N) is 8. The molecule has 19 nitrogen and oxygen atoms in total. The van der Waals surface area contributed by atoms with Crippen molar-refractivity contribution < 1.29 is 38.7 Å². The first-order valence-corrected chi connectivity index (χ1v) is 20.6. The quantitative estimate of drug-likeness (QED) is 0.0405. The second kappa shape index (κ2) is 22.8. The number of primary amides is 1. The Morgan fingerprint density at radius 1 is 0.767 bits per heavy atom. The summed E-state index contributed by atoms with van der Waals surface area (Å²) in [6.07, 6.45) is 5.42. The Bertz CT molecular complexity index is 2080. The van der Waals surface area contributed by atoms with Crippen LogP contribution in [-0.2, 0) is 52.8 Å². The number of benzene rings is 2. The van der Waals surface area contributed by atoms with Crippen molar-refractivity contribution in [3.05, 3.63) is 90.1 Å². The van der Waals surface area contributed by atoms with Gasteiger partial charge in [0.2, 0.25) is 41.4 Å². The molecule has 0 radical (unpaired) electrons. The molecule has 0 aliphatic heterocycles. The molecule has 322 valence electrons. The van der Waals surface area contributed by atoms with Gasteiger partial charge in [-0.1, -0.05) is 48.5 Å². The third-order valence-corrected chi connectivity index (χ3v) is 10.2. The number of para-hydroxylation sites is 1. The molecule has 0 saturated carbocycles. The molecule has 13 N–H and O–H groups in total. The fourth-order valence-electron chi connectivity index (χ4n) is 6.17. The molecule has 0 unspecified atom stereocenters. The van der Waals surface area contributed by atoms with Crippen LogP contribution in [0.5, 0.6) is 0 Å². The summed E-state index contributed by atoms with van der Waals surface area (Å²) in [5.41, 5.74) is 14.6. The van der Waals surface area contributed by atoms with Crippen LogP contribution in [0.15, 0.2) is 73.3 Å². The third kappa shape index (κ3) is 13.9. The molecule has 60 heavy (non-hydrogen) atoms. The first-order chi connectivity index (χ1) is 28.7. The SMILES string of the molecule is CSCC[C@@H](NC(=O)[C@H](Cc1ccccc1)NC(=O)[C@@H](Cc1cnc[nH]1)NC(=O)CNC(=O)[C@H](NC(=O)[C@@H](C)NC(=O)[C@H](N)Cc1c[nH]c2ccccc12)[C@@H](C)O)C(N)=O. The van der Waals surface area contributed by atoms with Gasteiger partial charge >= 0.3 is 0 Å². The number of amides is 7. The summed E-state index contributed by atoms with van der Waals surface area (Å²) in [4.78, 5) is 102. The van der Waals surface area contributed by atoms with Gasteiger partial charge < -0.3 is 58.4 Å². The van der Waals surface area contributed by atoms with E-state index in [0.29, 0.717) is 17.0 Å². The summed E-state index contributed by atoms with van der Waals surface area (Å²) < 4.78 is 0. The largest absolute Gasteiger partial charge is 0.391 e. The fourth-order valence-corrected chi connectivity index (χ4v) is 6.64. The number of carbonyl (C=O) groups is 7. The van der Waals surface area contributed by atoms with E-state index in [4.69, 9.17) is 11.5 Å². The maximum atomic E-state index is 13.8. The molecule has 2 aromatic carbocycles. The second-order valence-electron chi connectivity index (χ2n) is 14.2. The van der Waals surface area contributed by atoms with Crippen molar-refractivity contribution in [1.29, 1.82) is 0 Å². The Labute approximate surface area is 350 Å². The maximum Gasteiger partial charge on any atom is 0.245 e. The summed E-state index contributed by atoms with van der Waals surface area (Å²) >= 11 is 1.47.